The maximum atomic E-state index is 13.7. The normalized spacial score (nSPS) is 18.3. The van der Waals surface area contributed by atoms with Crippen LogP contribution < -0.4 is 0 Å². The van der Waals surface area contributed by atoms with Crippen LogP contribution in [0.1, 0.15) is 36.0 Å². The number of hydrogen-bond acceptors (Lipinski definition) is 2. The lowest BCUT2D eigenvalue weighted by molar-refractivity contribution is -0.137. The summed E-state index contributed by atoms with van der Waals surface area (Å²) in [5, 5.41) is 8.68. The van der Waals surface area contributed by atoms with Crippen molar-refractivity contribution in [2.24, 2.45) is 5.92 Å². The summed E-state index contributed by atoms with van der Waals surface area (Å²) >= 11 is 0. The maximum Gasteiger partial charge on any atom is 0.303 e. The predicted octanol–water partition coefficient (Wildman–Crippen LogP) is 2.82. The number of benzene rings is 1. The van der Waals surface area contributed by atoms with Crippen molar-refractivity contribution in [3.63, 3.8) is 0 Å². The summed E-state index contributed by atoms with van der Waals surface area (Å²) in [6.07, 6.45) is 1.89. The number of amides is 1. The van der Waals surface area contributed by atoms with E-state index in [2.05, 4.69) is 0 Å². The van der Waals surface area contributed by atoms with Crippen LogP contribution in [0.15, 0.2) is 12.1 Å². The van der Waals surface area contributed by atoms with Crippen LogP contribution in [0, 0.1) is 23.4 Å². The first-order valence-electron chi connectivity index (χ1n) is 7.04. The summed E-state index contributed by atoms with van der Waals surface area (Å²) in [6.45, 7) is 0.686. The number of carbonyl (C=O) groups is 2. The van der Waals surface area contributed by atoms with Gasteiger partial charge >= 0.3 is 5.97 Å². The molecular formula is C15H16F3NO3. The van der Waals surface area contributed by atoms with Crippen LogP contribution in [-0.2, 0) is 4.79 Å². The van der Waals surface area contributed by atoms with Crippen LogP contribution in [0.25, 0.3) is 0 Å². The summed E-state index contributed by atoms with van der Waals surface area (Å²) in [5.74, 6) is -5.30. The Balaban J connectivity index is 2.09. The van der Waals surface area contributed by atoms with Crippen LogP contribution in [-0.4, -0.2) is 35.0 Å². The lowest BCUT2D eigenvalue weighted by Crippen LogP contribution is -2.40. The largest absolute Gasteiger partial charge is 0.481 e. The third-order valence-electron chi connectivity index (χ3n) is 3.81. The van der Waals surface area contributed by atoms with Gasteiger partial charge in [0.15, 0.2) is 11.6 Å². The highest BCUT2D eigenvalue weighted by Crippen LogP contribution is 2.24. The van der Waals surface area contributed by atoms with Crippen LogP contribution in [0.2, 0.25) is 0 Å². The molecule has 120 valence electrons. The highest BCUT2D eigenvalue weighted by atomic mass is 19.2. The van der Waals surface area contributed by atoms with E-state index in [1.807, 2.05) is 0 Å². The Morgan fingerprint density at radius 1 is 1.18 bits per heavy atom. The van der Waals surface area contributed by atoms with Crippen molar-refractivity contribution in [1.29, 1.82) is 0 Å². The smallest absolute Gasteiger partial charge is 0.303 e. The number of likely N-dealkylation sites (tertiary alicyclic amines) is 1. The molecule has 1 aliphatic rings. The fourth-order valence-corrected chi connectivity index (χ4v) is 2.67. The van der Waals surface area contributed by atoms with E-state index in [9.17, 15) is 22.8 Å². The van der Waals surface area contributed by atoms with Crippen molar-refractivity contribution in [1.82, 2.24) is 4.90 Å². The van der Waals surface area contributed by atoms with E-state index in [-0.39, 0.29) is 12.3 Å². The van der Waals surface area contributed by atoms with E-state index >= 15 is 0 Å². The summed E-state index contributed by atoms with van der Waals surface area (Å²) < 4.78 is 39.8. The first-order chi connectivity index (χ1) is 10.4. The number of carboxylic acid groups (broad SMARTS) is 1. The minimum atomic E-state index is -1.34. The molecule has 1 saturated heterocycles. The lowest BCUT2D eigenvalue weighted by Gasteiger charge is -2.32. The fourth-order valence-electron chi connectivity index (χ4n) is 2.67. The van der Waals surface area contributed by atoms with Crippen molar-refractivity contribution in [2.75, 3.05) is 13.1 Å². The Morgan fingerprint density at radius 2 is 1.86 bits per heavy atom. The quantitative estimate of drug-likeness (QED) is 0.869. The van der Waals surface area contributed by atoms with Crippen LogP contribution in [0.5, 0.6) is 0 Å². The second-order valence-corrected chi connectivity index (χ2v) is 5.44. The molecule has 1 aromatic carbocycles. The number of halogens is 3. The fraction of sp³-hybridized carbons (Fsp3) is 0.467. The number of piperidine rings is 1. The standard InChI is InChI=1S/C15H16F3NO3/c16-11-7-13(18)12(17)6-10(11)15(22)19-5-1-2-9(8-19)3-4-14(20)21/h6-7,9H,1-5,8H2,(H,20,21). The first kappa shape index (κ1) is 16.3. The van der Waals surface area contributed by atoms with Gasteiger partial charge in [-0.05, 0) is 31.2 Å². The van der Waals surface area contributed by atoms with Gasteiger partial charge in [-0.3, -0.25) is 9.59 Å². The zero-order valence-electron chi connectivity index (χ0n) is 11.8. The topological polar surface area (TPSA) is 57.6 Å². The minimum Gasteiger partial charge on any atom is -0.481 e. The van der Waals surface area contributed by atoms with E-state index in [1.165, 1.54) is 4.90 Å². The van der Waals surface area contributed by atoms with Crippen molar-refractivity contribution < 1.29 is 27.9 Å². The first-order valence-corrected chi connectivity index (χ1v) is 7.04. The Kier molecular flexibility index (Phi) is 5.05. The second-order valence-electron chi connectivity index (χ2n) is 5.44. The predicted molar refractivity (Wildman–Crippen MR) is 71.8 cm³/mol. The minimum absolute atomic E-state index is 0.00619. The molecule has 7 heteroatoms. The molecule has 0 bridgehead atoms. The molecule has 1 aliphatic heterocycles. The van der Waals surface area contributed by atoms with Crippen LogP contribution in [0.3, 0.4) is 0 Å². The molecule has 1 unspecified atom stereocenters. The van der Waals surface area contributed by atoms with Crippen molar-refractivity contribution in [3.05, 3.63) is 35.1 Å². The molecule has 4 nitrogen and oxygen atoms in total. The second kappa shape index (κ2) is 6.81. The molecular weight excluding hydrogens is 299 g/mol. The molecule has 1 heterocycles. The molecule has 0 aliphatic carbocycles. The molecule has 0 saturated carbocycles. The Labute approximate surface area is 125 Å². The SMILES string of the molecule is O=C(O)CCC1CCCN(C(=O)c2cc(F)c(F)cc2F)C1. The van der Waals surface area contributed by atoms with Gasteiger partial charge in [0.1, 0.15) is 5.82 Å². The zero-order chi connectivity index (χ0) is 16.3. The summed E-state index contributed by atoms with van der Waals surface area (Å²) in [4.78, 5) is 24.2. The molecule has 1 fully saturated rings. The van der Waals surface area contributed by atoms with E-state index in [0.29, 0.717) is 38.1 Å². The van der Waals surface area contributed by atoms with Gasteiger partial charge in [-0.15, -0.1) is 0 Å². The Bertz CT molecular complexity index is 592. The molecule has 22 heavy (non-hydrogen) atoms. The number of rotatable bonds is 4. The van der Waals surface area contributed by atoms with Crippen LogP contribution in [0.4, 0.5) is 13.2 Å². The molecule has 1 aromatic rings. The van der Waals surface area contributed by atoms with Gasteiger partial charge in [-0.25, -0.2) is 13.2 Å². The van der Waals surface area contributed by atoms with Gasteiger partial charge < -0.3 is 10.0 Å². The van der Waals surface area contributed by atoms with Crippen LogP contribution >= 0.6 is 0 Å². The molecule has 1 N–H and O–H groups in total. The van der Waals surface area contributed by atoms with Gasteiger partial charge in [0.05, 0.1) is 5.56 Å². The summed E-state index contributed by atoms with van der Waals surface area (Å²) in [7, 11) is 0. The van der Waals surface area contributed by atoms with Gasteiger partial charge in [0, 0.05) is 25.6 Å². The molecule has 1 amide bonds. The molecule has 2 rings (SSSR count). The zero-order valence-corrected chi connectivity index (χ0v) is 11.8. The third-order valence-corrected chi connectivity index (χ3v) is 3.81. The number of carbonyl (C=O) groups excluding carboxylic acids is 1. The molecule has 1 atom stereocenters. The summed E-state index contributed by atoms with van der Waals surface area (Å²) in [5.41, 5.74) is -0.502. The van der Waals surface area contributed by atoms with Gasteiger partial charge in [-0.2, -0.15) is 0 Å². The summed E-state index contributed by atoms with van der Waals surface area (Å²) in [6, 6.07) is 0.919. The number of carboxylic acids is 1. The van der Waals surface area contributed by atoms with Gasteiger partial charge in [0.25, 0.3) is 5.91 Å². The highest BCUT2D eigenvalue weighted by molar-refractivity contribution is 5.94. The van der Waals surface area contributed by atoms with Crippen molar-refractivity contribution in [3.8, 4) is 0 Å². The highest BCUT2D eigenvalue weighted by Gasteiger charge is 2.27. The molecule has 0 spiro atoms. The number of nitrogens with zero attached hydrogens (tertiary/aromatic N) is 1. The van der Waals surface area contributed by atoms with E-state index in [4.69, 9.17) is 5.11 Å². The van der Waals surface area contributed by atoms with E-state index in [0.717, 1.165) is 6.42 Å². The molecule has 0 aromatic heterocycles. The van der Waals surface area contributed by atoms with E-state index < -0.39 is 34.9 Å². The maximum absolute atomic E-state index is 13.7. The third kappa shape index (κ3) is 3.78. The lowest BCUT2D eigenvalue weighted by atomic mass is 9.93. The van der Waals surface area contributed by atoms with Crippen molar-refractivity contribution >= 4 is 11.9 Å². The van der Waals surface area contributed by atoms with Gasteiger partial charge in [0.2, 0.25) is 0 Å². The van der Waals surface area contributed by atoms with E-state index in [1.54, 1.807) is 0 Å². The Morgan fingerprint density at radius 3 is 2.55 bits per heavy atom. The number of hydrogen-bond donors (Lipinski definition) is 1. The van der Waals surface area contributed by atoms with Crippen molar-refractivity contribution in [2.45, 2.75) is 25.7 Å². The average Bonchev–Trinajstić information content (AvgIpc) is 2.48. The van der Waals surface area contributed by atoms with Gasteiger partial charge in [-0.1, -0.05) is 0 Å². The monoisotopic (exact) mass is 315 g/mol. The Hall–Kier alpha value is -2.05. The number of aliphatic carboxylic acids is 1. The average molecular weight is 315 g/mol. The molecule has 0 radical (unpaired) electrons.